The number of likely N-dealkylation sites (N-methyl/N-ethyl adjacent to an activating group) is 1. The molecule has 28 heavy (non-hydrogen) atoms. The molecule has 0 spiro atoms. The van der Waals surface area contributed by atoms with Crippen molar-refractivity contribution in [2.24, 2.45) is 0 Å². The van der Waals surface area contributed by atoms with Gasteiger partial charge in [-0.2, -0.15) is 10.2 Å². The third-order valence-corrected chi connectivity index (χ3v) is 5.70. The monoisotopic (exact) mass is 372 g/mol. The van der Waals surface area contributed by atoms with Crippen molar-refractivity contribution in [2.45, 2.75) is 19.4 Å². The van der Waals surface area contributed by atoms with E-state index in [2.05, 4.69) is 51.3 Å². The molecule has 0 amide bonds. The highest BCUT2D eigenvalue weighted by molar-refractivity contribution is 5.80. The van der Waals surface area contributed by atoms with Crippen molar-refractivity contribution < 1.29 is 4.39 Å². The lowest BCUT2D eigenvalue weighted by Gasteiger charge is -2.34. The van der Waals surface area contributed by atoms with Crippen molar-refractivity contribution in [1.29, 1.82) is 0 Å². The summed E-state index contributed by atoms with van der Waals surface area (Å²) in [6, 6.07) is 17.9. The molecule has 3 heterocycles. The maximum atomic E-state index is 15.5. The zero-order valence-corrected chi connectivity index (χ0v) is 15.7. The van der Waals surface area contributed by atoms with Crippen LogP contribution in [0.25, 0.3) is 22.2 Å². The van der Waals surface area contributed by atoms with Crippen LogP contribution in [0.2, 0.25) is 0 Å². The third kappa shape index (κ3) is 2.79. The second-order valence-electron chi connectivity index (χ2n) is 7.30. The summed E-state index contributed by atoms with van der Waals surface area (Å²) < 4.78 is 15.5. The van der Waals surface area contributed by atoms with Crippen molar-refractivity contribution in [3.05, 3.63) is 83.4 Å². The molecule has 1 atom stereocenters. The van der Waals surface area contributed by atoms with Crippen LogP contribution < -0.4 is 0 Å². The number of halogens is 1. The standard InChI is InChI=1S/C23H21FN4/c1-2-28-13-18(22-12-15-6-3-4-7-20(15)26-22)16-9-10-17(23(24)19(16)14-28)21-8-5-11-25-27-21/h3-12,18,26H,2,13-14H2,1H3. The van der Waals surface area contributed by atoms with E-state index in [-0.39, 0.29) is 11.7 Å². The molecule has 0 fully saturated rings. The predicted molar refractivity (Wildman–Crippen MR) is 109 cm³/mol. The topological polar surface area (TPSA) is 44.8 Å². The zero-order valence-electron chi connectivity index (χ0n) is 15.7. The van der Waals surface area contributed by atoms with Gasteiger partial charge in [-0.05, 0) is 47.8 Å². The number of H-pyrrole nitrogens is 1. The molecule has 4 nitrogen and oxygen atoms in total. The number of para-hydroxylation sites is 1. The minimum atomic E-state index is -0.183. The molecule has 0 saturated carbocycles. The fourth-order valence-corrected chi connectivity index (χ4v) is 4.20. The van der Waals surface area contributed by atoms with Gasteiger partial charge in [0.15, 0.2) is 0 Å². The van der Waals surface area contributed by atoms with E-state index in [0.29, 0.717) is 17.8 Å². The summed E-state index contributed by atoms with van der Waals surface area (Å²) >= 11 is 0. The molecule has 2 aromatic carbocycles. The van der Waals surface area contributed by atoms with Crippen LogP contribution in [0.5, 0.6) is 0 Å². The Hall–Kier alpha value is -3.05. The number of fused-ring (bicyclic) bond motifs is 2. The Balaban J connectivity index is 1.65. The lowest BCUT2D eigenvalue weighted by atomic mass is 9.85. The number of nitrogens with one attached hydrogen (secondary N) is 1. The van der Waals surface area contributed by atoms with Gasteiger partial charge in [-0.15, -0.1) is 0 Å². The number of rotatable bonds is 3. The van der Waals surface area contributed by atoms with E-state index in [9.17, 15) is 0 Å². The molecule has 0 radical (unpaired) electrons. The van der Waals surface area contributed by atoms with Crippen molar-refractivity contribution in [1.82, 2.24) is 20.1 Å². The predicted octanol–water partition coefficient (Wildman–Crippen LogP) is 4.73. The minimum Gasteiger partial charge on any atom is -0.358 e. The number of benzene rings is 2. The molecule has 1 N–H and O–H groups in total. The first kappa shape index (κ1) is 17.1. The van der Waals surface area contributed by atoms with Crippen molar-refractivity contribution in [3.8, 4) is 11.3 Å². The highest BCUT2D eigenvalue weighted by Gasteiger charge is 2.30. The molecule has 5 heteroatoms. The van der Waals surface area contributed by atoms with Gasteiger partial charge in [-0.25, -0.2) is 4.39 Å². The van der Waals surface area contributed by atoms with E-state index in [4.69, 9.17) is 0 Å². The van der Waals surface area contributed by atoms with Gasteiger partial charge in [0.25, 0.3) is 0 Å². The summed E-state index contributed by atoms with van der Waals surface area (Å²) in [7, 11) is 0. The first-order chi connectivity index (χ1) is 13.7. The van der Waals surface area contributed by atoms with E-state index in [0.717, 1.165) is 35.4 Å². The third-order valence-electron chi connectivity index (χ3n) is 5.70. The van der Waals surface area contributed by atoms with Gasteiger partial charge in [-0.3, -0.25) is 4.90 Å². The summed E-state index contributed by atoms with van der Waals surface area (Å²) in [5, 5.41) is 9.18. The molecule has 2 aromatic heterocycles. The second-order valence-corrected chi connectivity index (χ2v) is 7.30. The Morgan fingerprint density at radius 3 is 2.82 bits per heavy atom. The van der Waals surface area contributed by atoms with Gasteiger partial charge in [0.05, 0.1) is 5.69 Å². The number of nitrogens with zero attached hydrogens (tertiary/aromatic N) is 3. The number of aromatic nitrogens is 3. The minimum absolute atomic E-state index is 0.113. The molecule has 1 unspecified atom stereocenters. The summed E-state index contributed by atoms with van der Waals surface area (Å²) in [5.74, 6) is -0.0706. The molecule has 140 valence electrons. The van der Waals surface area contributed by atoms with Gasteiger partial charge in [-0.1, -0.05) is 31.2 Å². The first-order valence-corrected chi connectivity index (χ1v) is 9.64. The number of hydrogen-bond donors (Lipinski definition) is 1. The molecule has 1 aliphatic heterocycles. The zero-order chi connectivity index (χ0) is 19.1. The fraction of sp³-hybridized carbons (Fsp3) is 0.217. The average molecular weight is 372 g/mol. The quantitative estimate of drug-likeness (QED) is 0.565. The molecule has 0 saturated heterocycles. The van der Waals surface area contributed by atoms with E-state index >= 15 is 4.39 Å². The Labute approximate surface area is 163 Å². The van der Waals surface area contributed by atoms with Gasteiger partial charge in [0.1, 0.15) is 5.82 Å². The van der Waals surface area contributed by atoms with Crippen LogP contribution in [0.3, 0.4) is 0 Å². The van der Waals surface area contributed by atoms with Crippen LogP contribution in [0.1, 0.15) is 29.7 Å². The van der Waals surface area contributed by atoms with Gasteiger partial charge in [0, 0.05) is 47.5 Å². The highest BCUT2D eigenvalue weighted by Crippen LogP contribution is 2.38. The SMILES string of the molecule is CCN1Cc2c(ccc(-c3cccnn3)c2F)C(c2cc3ccccc3[nH]2)C1. The van der Waals surface area contributed by atoms with Crippen LogP contribution in [-0.2, 0) is 6.54 Å². The van der Waals surface area contributed by atoms with E-state index in [1.165, 1.54) is 5.39 Å². The molecule has 1 aliphatic rings. The van der Waals surface area contributed by atoms with Crippen molar-refractivity contribution in [3.63, 3.8) is 0 Å². The Morgan fingerprint density at radius 2 is 2.04 bits per heavy atom. The number of aromatic amines is 1. The van der Waals surface area contributed by atoms with Crippen LogP contribution in [0.4, 0.5) is 4.39 Å². The summed E-state index contributed by atoms with van der Waals surface area (Å²) in [6.45, 7) is 4.49. The smallest absolute Gasteiger partial charge is 0.137 e. The molecular formula is C23H21FN4. The maximum absolute atomic E-state index is 15.5. The van der Waals surface area contributed by atoms with Crippen molar-refractivity contribution >= 4 is 10.9 Å². The molecule has 4 aromatic rings. The lowest BCUT2D eigenvalue weighted by molar-refractivity contribution is 0.247. The first-order valence-electron chi connectivity index (χ1n) is 9.64. The van der Waals surface area contributed by atoms with Crippen LogP contribution in [0.15, 0.2) is 60.8 Å². The van der Waals surface area contributed by atoms with E-state index in [1.54, 1.807) is 18.3 Å². The molecule has 5 rings (SSSR count). The normalized spacial score (nSPS) is 17.0. The van der Waals surface area contributed by atoms with Crippen LogP contribution in [0, 0.1) is 5.82 Å². The van der Waals surface area contributed by atoms with Gasteiger partial charge in [0.2, 0.25) is 0 Å². The van der Waals surface area contributed by atoms with E-state index < -0.39 is 0 Å². The number of hydrogen-bond acceptors (Lipinski definition) is 3. The van der Waals surface area contributed by atoms with Crippen LogP contribution >= 0.6 is 0 Å². The fourth-order valence-electron chi connectivity index (χ4n) is 4.20. The highest BCUT2D eigenvalue weighted by atomic mass is 19.1. The van der Waals surface area contributed by atoms with Crippen LogP contribution in [-0.4, -0.2) is 33.2 Å². The second kappa shape index (κ2) is 6.84. The summed E-state index contributed by atoms with van der Waals surface area (Å²) in [5.41, 5.74) is 5.15. The summed E-state index contributed by atoms with van der Waals surface area (Å²) in [4.78, 5) is 5.84. The summed E-state index contributed by atoms with van der Waals surface area (Å²) in [6.07, 6.45) is 1.60. The molecule has 0 bridgehead atoms. The molecular weight excluding hydrogens is 351 g/mol. The van der Waals surface area contributed by atoms with Crippen molar-refractivity contribution in [2.75, 3.05) is 13.1 Å². The van der Waals surface area contributed by atoms with E-state index in [1.807, 2.05) is 18.2 Å². The Bertz CT molecular complexity index is 1100. The molecule has 0 aliphatic carbocycles. The maximum Gasteiger partial charge on any atom is 0.137 e. The van der Waals surface area contributed by atoms with Gasteiger partial charge >= 0.3 is 0 Å². The Morgan fingerprint density at radius 1 is 1.14 bits per heavy atom. The van der Waals surface area contributed by atoms with Gasteiger partial charge < -0.3 is 4.98 Å². The lowest BCUT2D eigenvalue weighted by Crippen LogP contribution is -2.34. The largest absolute Gasteiger partial charge is 0.358 e. The Kier molecular flexibility index (Phi) is 4.17. The average Bonchev–Trinajstić information content (AvgIpc) is 3.18.